The molecule has 0 unspecified atom stereocenters. The molecular weight excluding hydrogens is 320 g/mol. The van der Waals surface area contributed by atoms with Crippen LogP contribution in [0.5, 0.6) is 0 Å². The van der Waals surface area contributed by atoms with Gasteiger partial charge in [-0.3, -0.25) is 9.48 Å². The Morgan fingerprint density at radius 3 is 2.71 bits per heavy atom. The summed E-state index contributed by atoms with van der Waals surface area (Å²) in [5.74, 6) is -0.0643. The van der Waals surface area contributed by atoms with E-state index in [2.05, 4.69) is 22.3 Å². The highest BCUT2D eigenvalue weighted by atomic mass is 32.1. The van der Waals surface area contributed by atoms with Gasteiger partial charge < -0.3 is 5.32 Å². The van der Waals surface area contributed by atoms with E-state index in [9.17, 15) is 4.79 Å². The summed E-state index contributed by atoms with van der Waals surface area (Å²) >= 11 is 1.47. The van der Waals surface area contributed by atoms with Crippen molar-refractivity contribution in [2.45, 2.75) is 26.3 Å². The Balaban J connectivity index is 1.60. The zero-order chi connectivity index (χ0) is 16.9. The van der Waals surface area contributed by atoms with Crippen molar-refractivity contribution in [1.29, 1.82) is 0 Å². The molecule has 0 fully saturated rings. The molecule has 0 atom stereocenters. The van der Waals surface area contributed by atoms with E-state index in [-0.39, 0.29) is 5.91 Å². The highest BCUT2D eigenvalue weighted by molar-refractivity contribution is 7.13. The number of carbonyl (C=O) groups is 1. The molecule has 3 aromatic rings. The Bertz CT molecular complexity index is 820. The molecule has 124 valence electrons. The third kappa shape index (κ3) is 3.71. The minimum Gasteiger partial charge on any atom is -0.347 e. The summed E-state index contributed by atoms with van der Waals surface area (Å²) in [6.45, 7) is 2.61. The molecule has 0 saturated carbocycles. The van der Waals surface area contributed by atoms with Crippen molar-refractivity contribution in [3.8, 4) is 11.3 Å². The van der Waals surface area contributed by atoms with Crippen molar-refractivity contribution in [3.05, 3.63) is 58.2 Å². The van der Waals surface area contributed by atoms with Crippen LogP contribution in [0.15, 0.2) is 42.7 Å². The lowest BCUT2D eigenvalue weighted by Gasteiger charge is -2.06. The summed E-state index contributed by atoms with van der Waals surface area (Å²) < 4.78 is 1.84. The van der Waals surface area contributed by atoms with E-state index in [1.165, 1.54) is 11.3 Å². The number of nitrogens with one attached hydrogen (secondary N) is 1. The van der Waals surface area contributed by atoms with Crippen LogP contribution in [0.4, 0.5) is 0 Å². The SMILES string of the molecule is CCCc1ncc(C(=O)NCc2ccc(-c3ccnn3C)cc2)s1. The third-order valence-corrected chi connectivity index (χ3v) is 4.82. The first-order valence-corrected chi connectivity index (χ1v) is 8.79. The van der Waals surface area contributed by atoms with Gasteiger partial charge in [0, 0.05) is 19.8 Å². The molecule has 24 heavy (non-hydrogen) atoms. The summed E-state index contributed by atoms with van der Waals surface area (Å²) in [5.41, 5.74) is 3.24. The van der Waals surface area contributed by atoms with E-state index in [4.69, 9.17) is 0 Å². The molecule has 5 nitrogen and oxygen atoms in total. The van der Waals surface area contributed by atoms with Gasteiger partial charge in [-0.2, -0.15) is 5.10 Å². The van der Waals surface area contributed by atoms with Crippen LogP contribution in [0.1, 0.15) is 33.6 Å². The summed E-state index contributed by atoms with van der Waals surface area (Å²) in [6.07, 6.45) is 5.41. The number of carbonyl (C=O) groups excluding carboxylic acids is 1. The molecule has 0 aliphatic heterocycles. The molecular formula is C18H20N4OS. The highest BCUT2D eigenvalue weighted by Crippen LogP contribution is 2.19. The van der Waals surface area contributed by atoms with Crippen LogP contribution in [0.25, 0.3) is 11.3 Å². The van der Waals surface area contributed by atoms with Gasteiger partial charge >= 0.3 is 0 Å². The molecule has 1 amide bonds. The lowest BCUT2D eigenvalue weighted by atomic mass is 10.1. The molecule has 0 aliphatic carbocycles. The monoisotopic (exact) mass is 340 g/mol. The largest absolute Gasteiger partial charge is 0.347 e. The summed E-state index contributed by atoms with van der Waals surface area (Å²) in [5, 5.41) is 8.15. The van der Waals surface area contributed by atoms with Gasteiger partial charge in [0.05, 0.1) is 16.9 Å². The van der Waals surface area contributed by atoms with Crippen LogP contribution in [-0.4, -0.2) is 20.7 Å². The molecule has 1 aromatic carbocycles. The fourth-order valence-electron chi connectivity index (χ4n) is 2.46. The van der Waals surface area contributed by atoms with E-state index in [1.54, 1.807) is 12.4 Å². The Morgan fingerprint density at radius 2 is 2.04 bits per heavy atom. The predicted octanol–water partition coefficient (Wildman–Crippen LogP) is 3.43. The molecule has 0 aliphatic rings. The van der Waals surface area contributed by atoms with Gasteiger partial charge in [-0.05, 0) is 30.0 Å². The molecule has 6 heteroatoms. The van der Waals surface area contributed by atoms with E-state index >= 15 is 0 Å². The Labute approximate surface area is 145 Å². The number of thiazole rings is 1. The second kappa shape index (κ2) is 7.40. The summed E-state index contributed by atoms with van der Waals surface area (Å²) in [6, 6.07) is 10.1. The molecule has 1 N–H and O–H groups in total. The van der Waals surface area contributed by atoms with Crippen molar-refractivity contribution in [1.82, 2.24) is 20.1 Å². The predicted molar refractivity (Wildman–Crippen MR) is 95.9 cm³/mol. The standard InChI is InChI=1S/C18H20N4OS/c1-3-4-17-19-12-16(24-17)18(23)20-11-13-5-7-14(8-6-13)15-9-10-21-22(15)2/h5-10,12H,3-4,11H2,1-2H3,(H,20,23). The van der Waals surface area contributed by atoms with Crippen molar-refractivity contribution < 1.29 is 4.79 Å². The van der Waals surface area contributed by atoms with Crippen molar-refractivity contribution in [3.63, 3.8) is 0 Å². The van der Waals surface area contributed by atoms with Crippen LogP contribution in [0.2, 0.25) is 0 Å². The van der Waals surface area contributed by atoms with Gasteiger partial charge in [-0.1, -0.05) is 31.2 Å². The molecule has 0 saturated heterocycles. The van der Waals surface area contributed by atoms with Crippen molar-refractivity contribution in [2.75, 3.05) is 0 Å². The first kappa shape index (κ1) is 16.4. The van der Waals surface area contributed by atoms with Crippen LogP contribution in [0.3, 0.4) is 0 Å². The number of hydrogen-bond acceptors (Lipinski definition) is 4. The number of hydrogen-bond donors (Lipinski definition) is 1. The van der Waals surface area contributed by atoms with Crippen molar-refractivity contribution in [2.24, 2.45) is 7.05 Å². The lowest BCUT2D eigenvalue weighted by Crippen LogP contribution is -2.21. The zero-order valence-electron chi connectivity index (χ0n) is 13.8. The average Bonchev–Trinajstić information content (AvgIpc) is 3.23. The second-order valence-corrected chi connectivity index (χ2v) is 6.70. The number of aryl methyl sites for hydroxylation is 2. The molecule has 0 spiro atoms. The number of nitrogens with zero attached hydrogens (tertiary/aromatic N) is 3. The summed E-state index contributed by atoms with van der Waals surface area (Å²) in [4.78, 5) is 17.1. The maximum atomic E-state index is 12.2. The van der Waals surface area contributed by atoms with E-state index in [0.717, 1.165) is 34.7 Å². The lowest BCUT2D eigenvalue weighted by molar-refractivity contribution is 0.0955. The van der Waals surface area contributed by atoms with Gasteiger partial charge in [-0.15, -0.1) is 11.3 Å². The molecule has 0 bridgehead atoms. The van der Waals surface area contributed by atoms with Gasteiger partial charge in [0.1, 0.15) is 4.88 Å². The molecule has 3 rings (SSSR count). The molecule has 2 heterocycles. The van der Waals surface area contributed by atoms with Gasteiger partial charge in [0.15, 0.2) is 0 Å². The van der Waals surface area contributed by atoms with Crippen LogP contribution in [0, 0.1) is 0 Å². The smallest absolute Gasteiger partial charge is 0.263 e. The first-order chi connectivity index (χ1) is 11.7. The maximum Gasteiger partial charge on any atom is 0.263 e. The van der Waals surface area contributed by atoms with Gasteiger partial charge in [0.25, 0.3) is 5.91 Å². The topological polar surface area (TPSA) is 59.8 Å². The normalized spacial score (nSPS) is 10.8. The molecule has 2 aromatic heterocycles. The molecule has 0 radical (unpaired) electrons. The minimum absolute atomic E-state index is 0.0643. The Hall–Kier alpha value is -2.47. The van der Waals surface area contributed by atoms with Crippen molar-refractivity contribution >= 4 is 17.2 Å². The van der Waals surface area contributed by atoms with Crippen LogP contribution < -0.4 is 5.32 Å². The first-order valence-electron chi connectivity index (χ1n) is 7.97. The number of rotatable bonds is 6. The number of aromatic nitrogens is 3. The average molecular weight is 340 g/mol. The van der Waals surface area contributed by atoms with E-state index < -0.39 is 0 Å². The van der Waals surface area contributed by atoms with Gasteiger partial charge in [0.2, 0.25) is 0 Å². The Kier molecular flexibility index (Phi) is 5.05. The quantitative estimate of drug-likeness (QED) is 0.748. The van der Waals surface area contributed by atoms with Crippen LogP contribution >= 0.6 is 11.3 Å². The maximum absolute atomic E-state index is 12.2. The number of amides is 1. The van der Waals surface area contributed by atoms with E-state index in [1.807, 2.05) is 42.1 Å². The Morgan fingerprint density at radius 1 is 1.25 bits per heavy atom. The zero-order valence-corrected chi connectivity index (χ0v) is 14.6. The van der Waals surface area contributed by atoms with E-state index in [0.29, 0.717) is 11.4 Å². The minimum atomic E-state index is -0.0643. The van der Waals surface area contributed by atoms with Gasteiger partial charge in [-0.25, -0.2) is 4.98 Å². The number of benzene rings is 1. The fraction of sp³-hybridized carbons (Fsp3) is 0.278. The fourth-order valence-corrected chi connectivity index (χ4v) is 3.40. The third-order valence-electron chi connectivity index (χ3n) is 3.76. The second-order valence-electron chi connectivity index (χ2n) is 5.59. The van der Waals surface area contributed by atoms with Crippen LogP contribution in [-0.2, 0) is 20.0 Å². The summed E-state index contributed by atoms with van der Waals surface area (Å²) in [7, 11) is 1.92. The highest BCUT2D eigenvalue weighted by Gasteiger charge is 2.10.